The zero-order valence-electron chi connectivity index (χ0n) is 6.62. The molecule has 0 aliphatic heterocycles. The molecule has 1 heterocycles. The smallest absolute Gasteiger partial charge is 0.120 e. The summed E-state index contributed by atoms with van der Waals surface area (Å²) >= 11 is 0. The Morgan fingerprint density at radius 3 is 3.09 bits per heavy atom. The molecule has 0 saturated heterocycles. The molecule has 1 aromatic heterocycles. The van der Waals surface area contributed by atoms with Crippen molar-refractivity contribution >= 4 is 0 Å². The first-order chi connectivity index (χ1) is 5.34. The zero-order valence-corrected chi connectivity index (χ0v) is 6.62. The van der Waals surface area contributed by atoms with Crippen LogP contribution in [0.5, 0.6) is 0 Å². The normalized spacial score (nSPS) is 13.3. The van der Waals surface area contributed by atoms with Crippen molar-refractivity contribution < 1.29 is 9.15 Å². The Kier molecular flexibility index (Phi) is 3.14. The lowest BCUT2D eigenvalue weighted by molar-refractivity contribution is 0.185. The topological polar surface area (TPSA) is 48.4 Å². The summed E-state index contributed by atoms with van der Waals surface area (Å²) in [6.07, 6.45) is 2.42. The summed E-state index contributed by atoms with van der Waals surface area (Å²) in [6.45, 7) is 0.669. The second-order valence-electron chi connectivity index (χ2n) is 2.40. The molecule has 0 spiro atoms. The molecule has 1 aromatic rings. The molecule has 1 atom stereocenters. The van der Waals surface area contributed by atoms with Crippen molar-refractivity contribution in [3.8, 4) is 0 Å². The van der Waals surface area contributed by atoms with Gasteiger partial charge in [-0.2, -0.15) is 0 Å². The number of nitrogens with two attached hydrogens (primary N) is 1. The van der Waals surface area contributed by atoms with E-state index in [1.807, 2.05) is 12.1 Å². The van der Waals surface area contributed by atoms with Crippen LogP contribution >= 0.6 is 0 Å². The molecule has 0 aliphatic carbocycles. The molecule has 0 fully saturated rings. The molecule has 1 rings (SSSR count). The summed E-state index contributed by atoms with van der Waals surface area (Å²) in [5.41, 5.74) is 5.75. The average molecular weight is 155 g/mol. The van der Waals surface area contributed by atoms with E-state index in [0.717, 1.165) is 12.2 Å². The predicted octanol–water partition coefficient (Wildman–Crippen LogP) is 1.32. The minimum absolute atomic E-state index is 0.0371. The first kappa shape index (κ1) is 8.30. The third-order valence-electron chi connectivity index (χ3n) is 1.54. The van der Waals surface area contributed by atoms with Gasteiger partial charge in [-0.25, -0.2) is 0 Å². The molecule has 11 heavy (non-hydrogen) atoms. The van der Waals surface area contributed by atoms with Crippen molar-refractivity contribution in [2.24, 2.45) is 5.73 Å². The van der Waals surface area contributed by atoms with Crippen molar-refractivity contribution in [1.82, 2.24) is 0 Å². The molecular weight excluding hydrogens is 142 g/mol. The van der Waals surface area contributed by atoms with Crippen molar-refractivity contribution in [3.63, 3.8) is 0 Å². The van der Waals surface area contributed by atoms with Crippen LogP contribution in [0.15, 0.2) is 22.8 Å². The summed E-state index contributed by atoms with van der Waals surface area (Å²) in [4.78, 5) is 0. The molecule has 0 bridgehead atoms. The second-order valence-corrected chi connectivity index (χ2v) is 2.40. The fourth-order valence-electron chi connectivity index (χ4n) is 0.889. The molecule has 0 radical (unpaired) electrons. The SMILES string of the molecule is COCC[C@@H](N)c1ccco1. The van der Waals surface area contributed by atoms with Crippen LogP contribution in [0.4, 0.5) is 0 Å². The third kappa shape index (κ3) is 2.37. The van der Waals surface area contributed by atoms with Crippen LogP contribution in [0.3, 0.4) is 0 Å². The maximum absolute atomic E-state index is 5.75. The maximum Gasteiger partial charge on any atom is 0.120 e. The Bertz CT molecular complexity index is 184. The van der Waals surface area contributed by atoms with Crippen molar-refractivity contribution in [2.75, 3.05) is 13.7 Å². The number of methoxy groups -OCH3 is 1. The van der Waals surface area contributed by atoms with E-state index in [2.05, 4.69) is 0 Å². The monoisotopic (exact) mass is 155 g/mol. The summed E-state index contributed by atoms with van der Waals surface area (Å²) in [5.74, 6) is 0.821. The van der Waals surface area contributed by atoms with E-state index in [9.17, 15) is 0 Å². The Hall–Kier alpha value is -0.800. The molecule has 0 aromatic carbocycles. The van der Waals surface area contributed by atoms with Crippen LogP contribution in [0.25, 0.3) is 0 Å². The first-order valence-electron chi connectivity index (χ1n) is 3.62. The summed E-state index contributed by atoms with van der Waals surface area (Å²) < 4.78 is 10.0. The number of hydrogen-bond acceptors (Lipinski definition) is 3. The van der Waals surface area contributed by atoms with Crippen molar-refractivity contribution in [2.45, 2.75) is 12.5 Å². The number of furan rings is 1. The molecule has 0 aliphatic rings. The van der Waals surface area contributed by atoms with Gasteiger partial charge in [0.1, 0.15) is 5.76 Å². The molecule has 62 valence electrons. The Labute approximate surface area is 66.1 Å². The van der Waals surface area contributed by atoms with Gasteiger partial charge < -0.3 is 14.9 Å². The lowest BCUT2D eigenvalue weighted by atomic mass is 10.2. The summed E-state index contributed by atoms with van der Waals surface area (Å²) in [7, 11) is 1.66. The Morgan fingerprint density at radius 1 is 1.73 bits per heavy atom. The van der Waals surface area contributed by atoms with Gasteiger partial charge in [-0.05, 0) is 18.6 Å². The van der Waals surface area contributed by atoms with Gasteiger partial charge in [0.05, 0.1) is 12.3 Å². The van der Waals surface area contributed by atoms with Crippen LogP contribution in [-0.2, 0) is 4.74 Å². The van der Waals surface area contributed by atoms with E-state index in [1.54, 1.807) is 13.4 Å². The molecular formula is C8H13NO2. The minimum Gasteiger partial charge on any atom is -0.468 e. The lowest BCUT2D eigenvalue weighted by Crippen LogP contribution is -2.11. The maximum atomic E-state index is 5.75. The van der Waals surface area contributed by atoms with Crippen molar-refractivity contribution in [1.29, 1.82) is 0 Å². The van der Waals surface area contributed by atoms with E-state index in [1.165, 1.54) is 0 Å². The fourth-order valence-corrected chi connectivity index (χ4v) is 0.889. The highest BCUT2D eigenvalue weighted by Gasteiger charge is 2.06. The van der Waals surface area contributed by atoms with Crippen LogP contribution < -0.4 is 5.73 Å². The average Bonchev–Trinajstić information content (AvgIpc) is 2.52. The summed E-state index contributed by atoms with van der Waals surface area (Å²) in [6, 6.07) is 3.67. The van der Waals surface area contributed by atoms with E-state index in [0.29, 0.717) is 6.61 Å². The van der Waals surface area contributed by atoms with E-state index in [4.69, 9.17) is 14.9 Å². The highest BCUT2D eigenvalue weighted by atomic mass is 16.5. The van der Waals surface area contributed by atoms with Gasteiger partial charge in [0, 0.05) is 13.7 Å². The van der Waals surface area contributed by atoms with Crippen LogP contribution in [0.1, 0.15) is 18.2 Å². The Balaban J connectivity index is 2.36. The van der Waals surface area contributed by atoms with Gasteiger partial charge in [-0.15, -0.1) is 0 Å². The number of rotatable bonds is 4. The van der Waals surface area contributed by atoms with Crippen LogP contribution in [0, 0.1) is 0 Å². The highest BCUT2D eigenvalue weighted by Crippen LogP contribution is 2.13. The van der Waals surface area contributed by atoms with E-state index >= 15 is 0 Å². The molecule has 2 N–H and O–H groups in total. The van der Waals surface area contributed by atoms with Gasteiger partial charge in [-0.3, -0.25) is 0 Å². The van der Waals surface area contributed by atoms with E-state index in [-0.39, 0.29) is 6.04 Å². The fraction of sp³-hybridized carbons (Fsp3) is 0.500. The quantitative estimate of drug-likeness (QED) is 0.713. The van der Waals surface area contributed by atoms with Crippen LogP contribution in [0.2, 0.25) is 0 Å². The van der Waals surface area contributed by atoms with E-state index < -0.39 is 0 Å². The highest BCUT2D eigenvalue weighted by molar-refractivity contribution is 5.02. The van der Waals surface area contributed by atoms with Gasteiger partial charge >= 0.3 is 0 Å². The zero-order chi connectivity index (χ0) is 8.10. The first-order valence-corrected chi connectivity index (χ1v) is 3.62. The molecule has 0 unspecified atom stereocenters. The molecule has 0 amide bonds. The van der Waals surface area contributed by atoms with Gasteiger partial charge in [0.2, 0.25) is 0 Å². The molecule has 3 nitrogen and oxygen atoms in total. The predicted molar refractivity (Wildman–Crippen MR) is 42.1 cm³/mol. The number of hydrogen-bond donors (Lipinski definition) is 1. The van der Waals surface area contributed by atoms with Crippen LogP contribution in [-0.4, -0.2) is 13.7 Å². The minimum atomic E-state index is -0.0371. The largest absolute Gasteiger partial charge is 0.468 e. The second kappa shape index (κ2) is 4.16. The van der Waals surface area contributed by atoms with Crippen molar-refractivity contribution in [3.05, 3.63) is 24.2 Å². The van der Waals surface area contributed by atoms with Gasteiger partial charge in [0.25, 0.3) is 0 Å². The number of ether oxygens (including phenoxy) is 1. The van der Waals surface area contributed by atoms with Gasteiger partial charge in [0.15, 0.2) is 0 Å². The lowest BCUT2D eigenvalue weighted by Gasteiger charge is -2.06. The standard InChI is InChI=1S/C8H13NO2/c1-10-6-4-7(9)8-3-2-5-11-8/h2-3,5,7H,4,6,9H2,1H3/t7-/m1/s1. The third-order valence-corrected chi connectivity index (χ3v) is 1.54. The molecule has 3 heteroatoms. The summed E-state index contributed by atoms with van der Waals surface area (Å²) in [5, 5.41) is 0. The molecule has 0 saturated carbocycles. The van der Waals surface area contributed by atoms with Gasteiger partial charge in [-0.1, -0.05) is 0 Å². The Morgan fingerprint density at radius 2 is 2.55 bits per heavy atom.